The number of ether oxygens (including phenoxy) is 1. The number of fused-ring (bicyclic) bond motifs is 1. The molecule has 8 heteroatoms. The fourth-order valence-corrected chi connectivity index (χ4v) is 3.46. The first-order valence-electron chi connectivity index (χ1n) is 8.08. The average Bonchev–Trinajstić information content (AvgIpc) is 3.21. The maximum Gasteiger partial charge on any atom is 0.409 e. The molecule has 3 aromatic rings. The molecular weight excluding hydrogens is 344 g/mol. The monoisotopic (exact) mass is 360 g/mol. The lowest BCUT2D eigenvalue weighted by Crippen LogP contribution is -2.18. The molecule has 1 aromatic carbocycles. The predicted molar refractivity (Wildman–Crippen MR) is 95.0 cm³/mol. The number of hydrogen-bond donors (Lipinski definition) is 3. The maximum absolute atomic E-state index is 11.1. The van der Waals surface area contributed by atoms with Crippen molar-refractivity contribution in [1.82, 2.24) is 14.8 Å². The number of carboxylic acid groups (broad SMARTS) is 1. The predicted octanol–water partition coefficient (Wildman–Crippen LogP) is 4.47. The van der Waals surface area contributed by atoms with Gasteiger partial charge >= 0.3 is 6.09 Å². The van der Waals surface area contributed by atoms with Gasteiger partial charge in [-0.2, -0.15) is 5.10 Å². The van der Waals surface area contributed by atoms with Crippen molar-refractivity contribution in [3.63, 3.8) is 0 Å². The molecular formula is C17H17ClN4O3. The number of carbonyl (C=O) groups is 1. The van der Waals surface area contributed by atoms with E-state index in [0.29, 0.717) is 10.7 Å². The number of benzene rings is 1. The Morgan fingerprint density at radius 3 is 3.08 bits per heavy atom. The highest BCUT2D eigenvalue weighted by molar-refractivity contribution is 6.32. The van der Waals surface area contributed by atoms with Crippen molar-refractivity contribution in [2.24, 2.45) is 0 Å². The van der Waals surface area contributed by atoms with Crippen molar-refractivity contribution in [3.05, 3.63) is 35.7 Å². The fraction of sp³-hybridized carbons (Fsp3) is 0.294. The van der Waals surface area contributed by atoms with Crippen LogP contribution in [0.15, 0.2) is 30.7 Å². The zero-order chi connectivity index (χ0) is 17.4. The van der Waals surface area contributed by atoms with Crippen LogP contribution in [-0.4, -0.2) is 32.6 Å². The summed E-state index contributed by atoms with van der Waals surface area (Å²) in [7, 11) is 0. The highest BCUT2D eigenvalue weighted by Crippen LogP contribution is 2.36. The molecule has 1 aliphatic rings. The third-order valence-corrected chi connectivity index (χ3v) is 4.57. The first kappa shape index (κ1) is 16.0. The van der Waals surface area contributed by atoms with Crippen LogP contribution in [0.3, 0.4) is 0 Å². The minimum atomic E-state index is -1.14. The van der Waals surface area contributed by atoms with Crippen molar-refractivity contribution in [3.8, 4) is 11.1 Å². The number of aromatic nitrogens is 3. The summed E-state index contributed by atoms with van der Waals surface area (Å²) in [6.45, 7) is 0.748. The normalized spacial score (nSPS) is 17.7. The molecule has 1 atom stereocenters. The van der Waals surface area contributed by atoms with Crippen LogP contribution in [0.25, 0.3) is 22.0 Å². The van der Waals surface area contributed by atoms with Crippen LogP contribution in [-0.2, 0) is 4.74 Å². The molecule has 7 nitrogen and oxygen atoms in total. The molecule has 3 N–H and O–H groups in total. The van der Waals surface area contributed by atoms with Crippen LogP contribution in [0.2, 0.25) is 5.02 Å². The van der Waals surface area contributed by atoms with Gasteiger partial charge in [0.1, 0.15) is 6.23 Å². The van der Waals surface area contributed by atoms with E-state index >= 15 is 0 Å². The molecule has 3 heterocycles. The molecule has 0 saturated carbocycles. The molecule has 0 aliphatic carbocycles. The van der Waals surface area contributed by atoms with Gasteiger partial charge in [0, 0.05) is 46.1 Å². The Labute approximate surface area is 148 Å². The summed E-state index contributed by atoms with van der Waals surface area (Å²) < 4.78 is 7.59. The van der Waals surface area contributed by atoms with Crippen molar-refractivity contribution >= 4 is 34.3 Å². The van der Waals surface area contributed by atoms with Crippen LogP contribution in [0.4, 0.5) is 10.5 Å². The molecule has 2 aromatic heterocycles. The van der Waals surface area contributed by atoms with E-state index in [1.165, 1.54) is 0 Å². The molecule has 0 bridgehead atoms. The molecule has 0 spiro atoms. The molecule has 1 saturated heterocycles. The van der Waals surface area contributed by atoms with Crippen LogP contribution in [0.5, 0.6) is 0 Å². The SMILES string of the molecule is O=C(O)Nc1cc(Cl)cc2[nH]cc(-c3cnn(C4CCCCO4)c3)c12. The number of nitrogens with zero attached hydrogens (tertiary/aromatic N) is 2. The summed E-state index contributed by atoms with van der Waals surface area (Å²) in [5.41, 5.74) is 2.94. The second-order valence-electron chi connectivity index (χ2n) is 6.04. The highest BCUT2D eigenvalue weighted by Gasteiger charge is 2.19. The lowest BCUT2D eigenvalue weighted by atomic mass is 10.1. The third-order valence-electron chi connectivity index (χ3n) is 4.35. The summed E-state index contributed by atoms with van der Waals surface area (Å²) in [6.07, 6.45) is 7.49. The fourth-order valence-electron chi connectivity index (χ4n) is 3.24. The Hall–Kier alpha value is -2.51. The van der Waals surface area contributed by atoms with Crippen molar-refractivity contribution in [2.75, 3.05) is 11.9 Å². The summed E-state index contributed by atoms with van der Waals surface area (Å²) >= 11 is 6.08. The van der Waals surface area contributed by atoms with Gasteiger partial charge in [0.15, 0.2) is 0 Å². The molecule has 1 aliphatic heterocycles. The Kier molecular flexibility index (Phi) is 4.10. The van der Waals surface area contributed by atoms with Gasteiger partial charge in [0.05, 0.1) is 11.9 Å². The van der Waals surface area contributed by atoms with Gasteiger partial charge in [-0.15, -0.1) is 0 Å². The van der Waals surface area contributed by atoms with E-state index in [2.05, 4.69) is 15.4 Å². The molecule has 0 radical (unpaired) electrons. The molecule has 130 valence electrons. The van der Waals surface area contributed by atoms with E-state index in [1.54, 1.807) is 18.3 Å². The minimum absolute atomic E-state index is 0.0428. The molecule has 4 rings (SSSR count). The van der Waals surface area contributed by atoms with Crippen LogP contribution in [0.1, 0.15) is 25.5 Å². The smallest absolute Gasteiger partial charge is 0.409 e. The quantitative estimate of drug-likeness (QED) is 0.642. The second-order valence-corrected chi connectivity index (χ2v) is 6.48. The first-order valence-corrected chi connectivity index (χ1v) is 8.46. The van der Waals surface area contributed by atoms with E-state index < -0.39 is 6.09 Å². The molecule has 1 amide bonds. The Balaban J connectivity index is 1.76. The Morgan fingerprint density at radius 2 is 2.32 bits per heavy atom. The number of aromatic amines is 1. The summed E-state index contributed by atoms with van der Waals surface area (Å²) in [4.78, 5) is 14.3. The Morgan fingerprint density at radius 1 is 1.44 bits per heavy atom. The first-order chi connectivity index (χ1) is 12.1. The zero-order valence-corrected chi connectivity index (χ0v) is 14.1. The van der Waals surface area contributed by atoms with E-state index in [1.807, 2.05) is 17.1 Å². The van der Waals surface area contributed by atoms with Gasteiger partial charge in [-0.25, -0.2) is 9.48 Å². The van der Waals surface area contributed by atoms with Gasteiger partial charge in [-0.1, -0.05) is 11.6 Å². The van der Waals surface area contributed by atoms with Crippen molar-refractivity contribution in [2.45, 2.75) is 25.5 Å². The van der Waals surface area contributed by atoms with Crippen LogP contribution < -0.4 is 5.32 Å². The molecule has 1 unspecified atom stereocenters. The van der Waals surface area contributed by atoms with E-state index in [-0.39, 0.29) is 6.23 Å². The number of nitrogens with one attached hydrogen (secondary N) is 2. The summed E-state index contributed by atoms with van der Waals surface area (Å²) in [5.74, 6) is 0. The minimum Gasteiger partial charge on any atom is -0.465 e. The average molecular weight is 361 g/mol. The van der Waals surface area contributed by atoms with Crippen molar-refractivity contribution < 1.29 is 14.6 Å². The van der Waals surface area contributed by atoms with Gasteiger partial charge in [-0.3, -0.25) is 5.32 Å². The maximum atomic E-state index is 11.1. The van der Waals surface area contributed by atoms with Crippen LogP contribution >= 0.6 is 11.6 Å². The van der Waals surface area contributed by atoms with Gasteiger partial charge < -0.3 is 14.8 Å². The number of hydrogen-bond acceptors (Lipinski definition) is 3. The number of amides is 1. The number of anilines is 1. The lowest BCUT2D eigenvalue weighted by molar-refractivity contribution is -0.0394. The number of halogens is 1. The summed E-state index contributed by atoms with van der Waals surface area (Å²) in [5, 5.41) is 17.1. The second kappa shape index (κ2) is 6.42. The third kappa shape index (κ3) is 3.08. The van der Waals surface area contributed by atoms with Gasteiger partial charge in [-0.05, 0) is 31.4 Å². The summed E-state index contributed by atoms with van der Waals surface area (Å²) in [6, 6.07) is 3.37. The van der Waals surface area contributed by atoms with E-state index in [4.69, 9.17) is 21.4 Å². The highest BCUT2D eigenvalue weighted by atomic mass is 35.5. The van der Waals surface area contributed by atoms with Gasteiger partial charge in [0.2, 0.25) is 0 Å². The van der Waals surface area contributed by atoms with E-state index in [9.17, 15) is 4.79 Å². The Bertz CT molecular complexity index is 927. The topological polar surface area (TPSA) is 92.2 Å². The zero-order valence-electron chi connectivity index (χ0n) is 13.3. The van der Waals surface area contributed by atoms with Gasteiger partial charge in [0.25, 0.3) is 0 Å². The van der Waals surface area contributed by atoms with Crippen molar-refractivity contribution in [1.29, 1.82) is 0 Å². The molecule has 25 heavy (non-hydrogen) atoms. The number of rotatable bonds is 3. The largest absolute Gasteiger partial charge is 0.465 e. The van der Waals surface area contributed by atoms with E-state index in [0.717, 1.165) is 47.9 Å². The number of H-pyrrole nitrogens is 1. The standard InChI is InChI=1S/C17H17ClN4O3/c18-11-5-13-16(14(6-11)21-17(23)24)12(8-19-13)10-7-20-22(9-10)15-3-1-2-4-25-15/h5-9,15,19,21H,1-4H2,(H,23,24). The van der Waals surface area contributed by atoms with Crippen LogP contribution in [0, 0.1) is 0 Å². The molecule has 1 fully saturated rings. The lowest BCUT2D eigenvalue weighted by Gasteiger charge is -2.22.